The van der Waals surface area contributed by atoms with Crippen molar-refractivity contribution in [1.29, 1.82) is 0 Å². The molecule has 118 valence electrons. The molecular formula is C20H19N2OP+2. The van der Waals surface area contributed by atoms with Crippen LogP contribution >= 0.6 is 7.92 Å². The van der Waals surface area contributed by atoms with Crippen molar-refractivity contribution in [3.05, 3.63) is 78.4 Å². The molecular weight excluding hydrogens is 315 g/mol. The summed E-state index contributed by atoms with van der Waals surface area (Å²) >= 11 is 0. The molecule has 0 aliphatic heterocycles. The zero-order valence-electron chi connectivity index (χ0n) is 13.8. The Morgan fingerprint density at radius 2 is 1.42 bits per heavy atom. The van der Waals surface area contributed by atoms with Gasteiger partial charge in [0.2, 0.25) is 0 Å². The maximum atomic E-state index is 10.4. The number of aryl methyl sites for hydroxylation is 2. The van der Waals surface area contributed by atoms with Gasteiger partial charge in [0.25, 0.3) is 0 Å². The maximum absolute atomic E-state index is 10.4. The third kappa shape index (κ3) is 3.89. The van der Waals surface area contributed by atoms with Crippen LogP contribution in [0.15, 0.2) is 67.3 Å². The topological polar surface area (TPSA) is 24.8 Å². The molecule has 24 heavy (non-hydrogen) atoms. The Balaban J connectivity index is 1.85. The van der Waals surface area contributed by atoms with E-state index in [1.54, 1.807) is 0 Å². The number of aromatic nitrogens is 2. The van der Waals surface area contributed by atoms with Gasteiger partial charge in [-0.2, -0.15) is 0 Å². The molecule has 3 aromatic rings. The van der Waals surface area contributed by atoms with E-state index in [0.717, 1.165) is 11.1 Å². The number of benzene rings is 1. The normalized spacial score (nSPS) is 10.2. The van der Waals surface area contributed by atoms with Crippen molar-refractivity contribution in [2.75, 3.05) is 0 Å². The molecule has 3 nitrogen and oxygen atoms in total. The summed E-state index contributed by atoms with van der Waals surface area (Å²) in [6.07, 6.45) is 8.11. The van der Waals surface area contributed by atoms with Crippen LogP contribution in [0.4, 0.5) is 0 Å². The van der Waals surface area contributed by atoms with Crippen LogP contribution in [0, 0.1) is 19.5 Å². The average molecular weight is 334 g/mol. The zero-order valence-corrected chi connectivity index (χ0v) is 14.7. The Bertz CT molecular complexity index is 938. The van der Waals surface area contributed by atoms with Crippen LogP contribution < -0.4 is 9.13 Å². The number of rotatable bonds is 3. The Morgan fingerprint density at radius 3 is 1.96 bits per heavy atom. The molecule has 4 heteroatoms. The van der Waals surface area contributed by atoms with Gasteiger partial charge in [0.1, 0.15) is 0 Å². The van der Waals surface area contributed by atoms with Crippen molar-refractivity contribution in [1.82, 2.24) is 0 Å². The summed E-state index contributed by atoms with van der Waals surface area (Å²) in [7, 11) is -0.0563. The van der Waals surface area contributed by atoms with Gasteiger partial charge < -0.3 is 0 Å². The zero-order chi connectivity index (χ0) is 16.9. The van der Waals surface area contributed by atoms with Gasteiger partial charge in [-0.15, -0.1) is 0 Å². The fourth-order valence-electron chi connectivity index (χ4n) is 2.76. The molecule has 0 atom stereocenters. The minimum atomic E-state index is -0.0563. The number of hydrogen-bond acceptors (Lipinski definition) is 1. The fourth-order valence-corrected chi connectivity index (χ4v) is 2.98. The molecule has 0 unspecified atom stereocenters. The molecule has 0 spiro atoms. The van der Waals surface area contributed by atoms with Crippen LogP contribution in [0.1, 0.15) is 11.1 Å². The molecule has 3 rings (SSSR count). The van der Waals surface area contributed by atoms with Gasteiger partial charge in [0.05, 0.1) is 0 Å². The average Bonchev–Trinajstić information content (AvgIpc) is 2.60. The molecule has 2 heterocycles. The van der Waals surface area contributed by atoms with Gasteiger partial charge in [-0.05, 0) is 25.0 Å². The van der Waals surface area contributed by atoms with Gasteiger partial charge in [-0.25, -0.2) is 0 Å². The van der Waals surface area contributed by atoms with Crippen molar-refractivity contribution in [3.8, 4) is 22.4 Å². The van der Waals surface area contributed by atoms with Crippen LogP contribution in [0.2, 0.25) is 0 Å². The first kappa shape index (κ1) is 16.4. The first-order valence-electron chi connectivity index (χ1n) is 7.80. The van der Waals surface area contributed by atoms with Crippen LogP contribution in [0.25, 0.3) is 16.8 Å². The monoisotopic (exact) mass is 334 g/mol. The molecule has 0 aliphatic carbocycles. The molecule has 0 radical (unpaired) electrons. The molecule has 0 amide bonds. The second-order valence-electron chi connectivity index (χ2n) is 5.85. The van der Waals surface area contributed by atoms with Gasteiger partial charge in [-0.3, -0.25) is 0 Å². The van der Waals surface area contributed by atoms with Gasteiger partial charge in [-0.1, -0.05) is 6.07 Å². The summed E-state index contributed by atoms with van der Waals surface area (Å²) in [5.41, 5.74) is 8.75. The standard InChI is InChI=1S/C20H19N2OP/c1-16-13-17(2)15-20(14-16)22-9-5-19(6-10-22)18-3-7-21(8-4-18)11-12-24-23/h3-10,13-15H,11H2,1-2H3/q+2. The van der Waals surface area contributed by atoms with E-state index in [1.165, 1.54) is 16.8 Å². The van der Waals surface area contributed by atoms with Crippen molar-refractivity contribution >= 4 is 7.92 Å². The second-order valence-corrected chi connectivity index (χ2v) is 6.35. The fraction of sp³-hybridized carbons (Fsp3) is 0.150. The van der Waals surface area contributed by atoms with Crippen molar-refractivity contribution < 1.29 is 13.7 Å². The summed E-state index contributed by atoms with van der Waals surface area (Å²) in [6, 6.07) is 14.9. The van der Waals surface area contributed by atoms with Crippen LogP contribution in [-0.2, 0) is 11.1 Å². The van der Waals surface area contributed by atoms with E-state index >= 15 is 0 Å². The van der Waals surface area contributed by atoms with Gasteiger partial charge >= 0.3 is 112 Å². The van der Waals surface area contributed by atoms with Gasteiger partial charge in [0.15, 0.2) is 0 Å². The van der Waals surface area contributed by atoms with E-state index in [1.807, 2.05) is 17.0 Å². The SMILES string of the molecule is Cc1cc(C)cc(-[n+]2ccc(-c3cc[n+](CC#P=O)cc3)cc2)c1. The summed E-state index contributed by atoms with van der Waals surface area (Å²) in [5, 5.41) is 0. The number of hydrogen-bond donors (Lipinski definition) is 0. The van der Waals surface area contributed by atoms with Crippen molar-refractivity contribution in [2.24, 2.45) is 0 Å². The first-order chi connectivity index (χ1) is 11.7. The summed E-state index contributed by atoms with van der Waals surface area (Å²) in [5.74, 6) is 0. The van der Waals surface area contributed by atoms with Crippen molar-refractivity contribution in [2.45, 2.75) is 20.4 Å². The van der Waals surface area contributed by atoms with E-state index in [2.05, 4.69) is 78.9 Å². The van der Waals surface area contributed by atoms with E-state index < -0.39 is 0 Å². The molecule has 1 aromatic carbocycles. The predicted molar refractivity (Wildman–Crippen MR) is 94.6 cm³/mol. The molecule has 0 N–H and O–H groups in total. The molecule has 0 fully saturated rings. The third-order valence-corrected chi connectivity index (χ3v) is 4.15. The number of nitrogens with zero attached hydrogens (tertiary/aromatic N) is 2. The molecule has 2 aromatic heterocycles. The van der Waals surface area contributed by atoms with Crippen molar-refractivity contribution in [3.63, 3.8) is 0 Å². The van der Waals surface area contributed by atoms with E-state index in [-0.39, 0.29) is 7.92 Å². The summed E-state index contributed by atoms with van der Waals surface area (Å²) in [6.45, 7) is 4.75. The summed E-state index contributed by atoms with van der Waals surface area (Å²) in [4.78, 5) is 0. The Kier molecular flexibility index (Phi) is 5.05. The quantitative estimate of drug-likeness (QED) is 0.528. The minimum absolute atomic E-state index is 0.0563. The van der Waals surface area contributed by atoms with Crippen LogP contribution in [-0.4, -0.2) is 0 Å². The first-order valence-corrected chi connectivity index (χ1v) is 8.61. The Labute approximate surface area is 143 Å². The second kappa shape index (κ2) is 7.40. The summed E-state index contributed by atoms with van der Waals surface area (Å²) < 4.78 is 14.5. The van der Waals surface area contributed by atoms with E-state index in [4.69, 9.17) is 0 Å². The van der Waals surface area contributed by atoms with Crippen LogP contribution in [0.5, 0.6) is 0 Å². The number of pyridine rings is 2. The van der Waals surface area contributed by atoms with Gasteiger partial charge in [0, 0.05) is 0 Å². The van der Waals surface area contributed by atoms with E-state index in [0.29, 0.717) is 6.54 Å². The molecule has 0 bridgehead atoms. The molecule has 0 aliphatic rings. The van der Waals surface area contributed by atoms with E-state index in [9.17, 15) is 4.57 Å². The predicted octanol–water partition coefficient (Wildman–Crippen LogP) is 3.79. The third-order valence-electron chi connectivity index (χ3n) is 3.88. The van der Waals surface area contributed by atoms with Crippen LogP contribution in [0.3, 0.4) is 0 Å². The Hall–Kier alpha value is -2.47. The Morgan fingerprint density at radius 1 is 0.875 bits per heavy atom. The molecule has 0 saturated heterocycles. The molecule has 0 saturated carbocycles.